The summed E-state index contributed by atoms with van der Waals surface area (Å²) in [5.41, 5.74) is 0. The molecule has 0 aromatic heterocycles. The third kappa shape index (κ3) is 6.04. The first-order valence-corrected chi connectivity index (χ1v) is 5.59. The number of hydrogen-bond donors (Lipinski definition) is 0. The molecule has 0 aromatic rings. The fraction of sp³-hybridized carbons (Fsp3) is 0.857. The molecule has 0 saturated carbocycles. The van der Waals surface area contributed by atoms with Gasteiger partial charge in [-0.15, -0.1) is 0 Å². The molecule has 0 amide bonds. The molecule has 0 unspecified atom stereocenters. The van der Waals surface area contributed by atoms with E-state index in [0.717, 1.165) is 12.5 Å². The van der Waals surface area contributed by atoms with Gasteiger partial charge in [0.2, 0.25) is 0 Å². The highest BCUT2D eigenvalue weighted by Gasteiger charge is 2.03. The summed E-state index contributed by atoms with van der Waals surface area (Å²) in [6.07, 6.45) is 1.65. The average molecular weight is 173 g/mol. The molecular formula is C7H15NO2Si. The molecule has 0 fully saturated rings. The van der Waals surface area contributed by atoms with E-state index >= 15 is 0 Å². The zero-order valence-corrected chi connectivity index (χ0v) is 8.58. The Morgan fingerprint density at radius 2 is 2.09 bits per heavy atom. The van der Waals surface area contributed by atoms with E-state index in [1.165, 1.54) is 0 Å². The molecule has 0 spiro atoms. The molecular weight excluding hydrogens is 158 g/mol. The van der Waals surface area contributed by atoms with Gasteiger partial charge in [0.1, 0.15) is 5.91 Å². The van der Waals surface area contributed by atoms with Crippen molar-refractivity contribution in [3.05, 3.63) is 0 Å². The maximum Gasteiger partial charge on any atom is 0.134 e. The van der Waals surface area contributed by atoms with Crippen LogP contribution in [0.5, 0.6) is 0 Å². The Kier molecular flexibility index (Phi) is 7.47. The molecule has 11 heavy (non-hydrogen) atoms. The molecule has 0 bridgehead atoms. The molecule has 0 saturated heterocycles. The molecule has 0 aliphatic rings. The minimum Gasteiger partial charge on any atom is -0.360 e. The first-order valence-electron chi connectivity index (χ1n) is 3.77. The van der Waals surface area contributed by atoms with Gasteiger partial charge in [0.05, 0.1) is 15.6 Å². The van der Waals surface area contributed by atoms with Crippen molar-refractivity contribution in [2.24, 2.45) is 0 Å². The molecule has 0 atom stereocenters. The molecule has 0 aromatic carbocycles. The van der Waals surface area contributed by atoms with E-state index in [4.69, 9.17) is 14.7 Å². The molecule has 0 aliphatic carbocycles. The predicted molar refractivity (Wildman–Crippen MR) is 46.0 cm³/mol. The standard InChI is InChI=1S/C7H15NO2Si/c1-9-7(10-2)11-6-4-3-5-8/h7H,3-4,6,11H2,1-2H3. The largest absolute Gasteiger partial charge is 0.360 e. The summed E-state index contributed by atoms with van der Waals surface area (Å²) < 4.78 is 10.1. The monoisotopic (exact) mass is 173 g/mol. The summed E-state index contributed by atoms with van der Waals surface area (Å²) in [6.45, 7) is 0. The third-order valence-electron chi connectivity index (χ3n) is 1.50. The Hall–Kier alpha value is -0.373. The van der Waals surface area contributed by atoms with Crippen molar-refractivity contribution in [2.45, 2.75) is 24.8 Å². The van der Waals surface area contributed by atoms with Crippen LogP contribution < -0.4 is 0 Å². The van der Waals surface area contributed by atoms with Gasteiger partial charge in [0, 0.05) is 20.6 Å². The van der Waals surface area contributed by atoms with Crippen molar-refractivity contribution >= 4 is 9.52 Å². The minimum absolute atomic E-state index is 0.0358. The van der Waals surface area contributed by atoms with Crippen LogP contribution >= 0.6 is 0 Å². The Labute approximate surface area is 70.1 Å². The smallest absolute Gasteiger partial charge is 0.134 e. The van der Waals surface area contributed by atoms with Gasteiger partial charge >= 0.3 is 0 Å². The Balaban J connectivity index is 3.16. The molecule has 4 heteroatoms. The number of nitrogens with zero attached hydrogens (tertiary/aromatic N) is 1. The van der Waals surface area contributed by atoms with Crippen molar-refractivity contribution in [1.29, 1.82) is 5.26 Å². The normalized spacial score (nSPS) is 11.1. The maximum atomic E-state index is 8.25. The molecule has 64 valence electrons. The van der Waals surface area contributed by atoms with Gasteiger partial charge in [-0.05, 0) is 6.42 Å². The van der Waals surface area contributed by atoms with Crippen LogP contribution in [-0.4, -0.2) is 29.7 Å². The molecule has 0 rings (SSSR count). The predicted octanol–water partition coefficient (Wildman–Crippen LogP) is 0.454. The first kappa shape index (κ1) is 10.6. The second-order valence-electron chi connectivity index (χ2n) is 2.30. The molecule has 3 nitrogen and oxygen atoms in total. The van der Waals surface area contributed by atoms with Crippen molar-refractivity contribution in [1.82, 2.24) is 0 Å². The highest BCUT2D eigenvalue weighted by molar-refractivity contribution is 6.36. The maximum absolute atomic E-state index is 8.25. The highest BCUT2D eigenvalue weighted by atomic mass is 28.2. The second-order valence-corrected chi connectivity index (χ2v) is 4.26. The van der Waals surface area contributed by atoms with Gasteiger partial charge in [0.25, 0.3) is 0 Å². The summed E-state index contributed by atoms with van der Waals surface area (Å²) in [5, 5.41) is 8.25. The van der Waals surface area contributed by atoms with Crippen LogP contribution in [-0.2, 0) is 9.47 Å². The van der Waals surface area contributed by atoms with Crippen LogP contribution in [0.1, 0.15) is 12.8 Å². The van der Waals surface area contributed by atoms with Gasteiger partial charge in [-0.1, -0.05) is 6.04 Å². The van der Waals surface area contributed by atoms with Crippen molar-refractivity contribution in [3.63, 3.8) is 0 Å². The van der Waals surface area contributed by atoms with E-state index in [1.807, 2.05) is 0 Å². The number of nitriles is 1. The number of hydrogen-bond acceptors (Lipinski definition) is 3. The molecule has 0 heterocycles. The van der Waals surface area contributed by atoms with Gasteiger partial charge in [0.15, 0.2) is 0 Å². The Morgan fingerprint density at radius 1 is 1.45 bits per heavy atom. The van der Waals surface area contributed by atoms with Crippen LogP contribution in [0.25, 0.3) is 0 Å². The highest BCUT2D eigenvalue weighted by Crippen LogP contribution is 1.98. The Morgan fingerprint density at radius 3 is 2.55 bits per heavy atom. The summed E-state index contributed by atoms with van der Waals surface area (Å²) in [4.78, 5) is 0. The lowest BCUT2D eigenvalue weighted by Crippen LogP contribution is -2.20. The summed E-state index contributed by atoms with van der Waals surface area (Å²) >= 11 is 0. The van der Waals surface area contributed by atoms with Gasteiger partial charge in [-0.2, -0.15) is 5.26 Å². The minimum atomic E-state index is -0.291. The second kappa shape index (κ2) is 7.73. The van der Waals surface area contributed by atoms with Crippen LogP contribution in [0.2, 0.25) is 6.04 Å². The fourth-order valence-corrected chi connectivity index (χ4v) is 2.19. The summed E-state index contributed by atoms with van der Waals surface area (Å²) in [7, 11) is 3.03. The van der Waals surface area contributed by atoms with Crippen LogP contribution in [0.4, 0.5) is 0 Å². The van der Waals surface area contributed by atoms with Crippen molar-refractivity contribution in [3.8, 4) is 6.07 Å². The zero-order valence-electron chi connectivity index (χ0n) is 7.17. The lowest BCUT2D eigenvalue weighted by atomic mass is 10.4. The zero-order chi connectivity index (χ0) is 8.53. The van der Waals surface area contributed by atoms with Crippen LogP contribution in [0, 0.1) is 11.3 Å². The summed E-state index contributed by atoms with van der Waals surface area (Å²) in [6, 6.07) is 3.24. The van der Waals surface area contributed by atoms with Crippen molar-refractivity contribution < 1.29 is 9.47 Å². The van der Waals surface area contributed by atoms with E-state index in [-0.39, 0.29) is 15.4 Å². The lowest BCUT2D eigenvalue weighted by Gasteiger charge is -2.11. The van der Waals surface area contributed by atoms with E-state index in [2.05, 4.69) is 6.07 Å². The van der Waals surface area contributed by atoms with Crippen molar-refractivity contribution in [2.75, 3.05) is 14.2 Å². The number of unbranched alkanes of at least 4 members (excludes halogenated alkanes) is 1. The van der Waals surface area contributed by atoms with E-state index in [9.17, 15) is 0 Å². The fourth-order valence-electron chi connectivity index (χ4n) is 0.847. The van der Waals surface area contributed by atoms with Gasteiger partial charge in [-0.25, -0.2) is 0 Å². The topological polar surface area (TPSA) is 42.2 Å². The van der Waals surface area contributed by atoms with Crippen LogP contribution in [0.15, 0.2) is 0 Å². The van der Waals surface area contributed by atoms with E-state index in [0.29, 0.717) is 6.42 Å². The quantitative estimate of drug-likeness (QED) is 0.333. The van der Waals surface area contributed by atoms with E-state index in [1.54, 1.807) is 14.2 Å². The first-order chi connectivity index (χ1) is 5.35. The SMILES string of the molecule is COC(OC)[SiH2]CCCC#N. The van der Waals surface area contributed by atoms with Gasteiger partial charge in [-0.3, -0.25) is 0 Å². The third-order valence-corrected chi connectivity index (χ3v) is 3.55. The number of rotatable bonds is 6. The van der Waals surface area contributed by atoms with Crippen LogP contribution in [0.3, 0.4) is 0 Å². The number of methoxy groups -OCH3 is 2. The Bertz CT molecular complexity index is 120. The summed E-state index contributed by atoms with van der Waals surface area (Å²) in [5.74, 6) is 0.0358. The number of ether oxygens (including phenoxy) is 2. The molecule has 0 radical (unpaired) electrons. The average Bonchev–Trinajstić information content (AvgIpc) is 2.05. The molecule has 0 aliphatic heterocycles. The van der Waals surface area contributed by atoms with Gasteiger partial charge < -0.3 is 9.47 Å². The lowest BCUT2D eigenvalue weighted by molar-refractivity contribution is -0.0441. The van der Waals surface area contributed by atoms with E-state index < -0.39 is 0 Å². The molecule has 0 N–H and O–H groups in total.